The maximum Gasteiger partial charge on any atom is 0.259 e. The van der Waals surface area contributed by atoms with E-state index in [0.29, 0.717) is 42.1 Å². The van der Waals surface area contributed by atoms with E-state index >= 15 is 0 Å². The van der Waals surface area contributed by atoms with Crippen LogP contribution in [0.1, 0.15) is 27.2 Å². The molecule has 3 N–H and O–H groups in total. The molecule has 1 aliphatic rings. The Morgan fingerprint density at radius 1 is 1.11 bits per heavy atom. The van der Waals surface area contributed by atoms with E-state index in [9.17, 15) is 9.90 Å². The van der Waals surface area contributed by atoms with Gasteiger partial charge in [-0.15, -0.1) is 0 Å². The SMILES string of the molecule is Cc1ccc(NC(=O)c2c(C)oc3ccc(O)c(C[NH+]4CCOCC4)c23)cc1. The number of aryl methyl sites for hydroxylation is 2. The Bertz CT molecular complexity index is 1000. The highest BCUT2D eigenvalue weighted by molar-refractivity contribution is 6.14. The Kier molecular flexibility index (Phi) is 5.07. The van der Waals surface area contributed by atoms with Gasteiger partial charge < -0.3 is 24.5 Å². The molecule has 1 amide bonds. The molecule has 2 heterocycles. The van der Waals surface area contributed by atoms with Crippen molar-refractivity contribution in [2.45, 2.75) is 20.4 Å². The lowest BCUT2D eigenvalue weighted by Gasteiger charge is -2.24. The van der Waals surface area contributed by atoms with Crippen molar-refractivity contribution in [3.63, 3.8) is 0 Å². The van der Waals surface area contributed by atoms with Crippen molar-refractivity contribution in [2.75, 3.05) is 31.6 Å². The number of rotatable bonds is 4. The number of carbonyl (C=O) groups excluding carboxylic acids is 1. The van der Waals surface area contributed by atoms with Crippen LogP contribution in [0.15, 0.2) is 40.8 Å². The summed E-state index contributed by atoms with van der Waals surface area (Å²) in [7, 11) is 0. The minimum Gasteiger partial charge on any atom is -0.507 e. The van der Waals surface area contributed by atoms with Crippen LogP contribution in [0.25, 0.3) is 11.0 Å². The largest absolute Gasteiger partial charge is 0.507 e. The van der Waals surface area contributed by atoms with Gasteiger partial charge in [0.25, 0.3) is 5.91 Å². The van der Waals surface area contributed by atoms with E-state index in [1.807, 2.05) is 31.2 Å². The third-order valence-corrected chi connectivity index (χ3v) is 5.28. The van der Waals surface area contributed by atoms with E-state index in [-0.39, 0.29) is 11.7 Å². The van der Waals surface area contributed by atoms with Crippen LogP contribution in [0.2, 0.25) is 0 Å². The fraction of sp³-hybridized carbons (Fsp3) is 0.318. The summed E-state index contributed by atoms with van der Waals surface area (Å²) in [5, 5.41) is 14.2. The van der Waals surface area contributed by atoms with Gasteiger partial charge in [-0.2, -0.15) is 0 Å². The molecule has 4 rings (SSSR count). The van der Waals surface area contributed by atoms with E-state index in [1.165, 1.54) is 4.90 Å². The molecular weight excluding hydrogens is 356 g/mol. The molecule has 1 aliphatic heterocycles. The lowest BCUT2D eigenvalue weighted by molar-refractivity contribution is -0.921. The number of carbonyl (C=O) groups is 1. The summed E-state index contributed by atoms with van der Waals surface area (Å²) >= 11 is 0. The smallest absolute Gasteiger partial charge is 0.259 e. The summed E-state index contributed by atoms with van der Waals surface area (Å²) in [6.07, 6.45) is 0. The average molecular weight is 381 g/mol. The number of fused-ring (bicyclic) bond motifs is 1. The molecule has 0 aliphatic carbocycles. The van der Waals surface area contributed by atoms with Gasteiger partial charge in [-0.1, -0.05) is 17.7 Å². The van der Waals surface area contributed by atoms with Gasteiger partial charge in [0.15, 0.2) is 0 Å². The minimum atomic E-state index is -0.232. The number of furan rings is 1. The molecule has 0 unspecified atom stereocenters. The molecule has 2 aromatic carbocycles. The van der Waals surface area contributed by atoms with Gasteiger partial charge in [-0.3, -0.25) is 4.79 Å². The molecule has 6 nitrogen and oxygen atoms in total. The van der Waals surface area contributed by atoms with Crippen LogP contribution in [0, 0.1) is 13.8 Å². The van der Waals surface area contributed by atoms with Crippen LogP contribution in [0.3, 0.4) is 0 Å². The van der Waals surface area contributed by atoms with Crippen LogP contribution >= 0.6 is 0 Å². The van der Waals surface area contributed by atoms with Gasteiger partial charge in [0.2, 0.25) is 0 Å². The number of anilines is 1. The minimum absolute atomic E-state index is 0.191. The van der Waals surface area contributed by atoms with Gasteiger partial charge in [0, 0.05) is 11.1 Å². The van der Waals surface area contributed by atoms with Crippen molar-refractivity contribution in [1.82, 2.24) is 0 Å². The predicted octanol–water partition coefficient (Wildman–Crippen LogP) is 2.42. The highest BCUT2D eigenvalue weighted by Crippen LogP contribution is 2.34. The van der Waals surface area contributed by atoms with Crippen LogP contribution in [-0.2, 0) is 11.3 Å². The number of hydrogen-bond donors (Lipinski definition) is 3. The third kappa shape index (κ3) is 3.61. The Morgan fingerprint density at radius 3 is 2.54 bits per heavy atom. The number of morpholine rings is 1. The number of ether oxygens (including phenoxy) is 1. The number of nitrogens with one attached hydrogen (secondary N) is 2. The first-order valence-electron chi connectivity index (χ1n) is 9.56. The molecule has 1 fully saturated rings. The maximum atomic E-state index is 13.1. The number of quaternary nitrogens is 1. The van der Waals surface area contributed by atoms with Gasteiger partial charge in [0.1, 0.15) is 36.7 Å². The van der Waals surface area contributed by atoms with Gasteiger partial charge in [-0.05, 0) is 38.1 Å². The molecule has 1 aromatic heterocycles. The molecule has 146 valence electrons. The highest BCUT2D eigenvalue weighted by atomic mass is 16.5. The van der Waals surface area contributed by atoms with E-state index in [4.69, 9.17) is 9.15 Å². The van der Waals surface area contributed by atoms with Gasteiger partial charge in [-0.25, -0.2) is 0 Å². The number of hydrogen-bond acceptors (Lipinski definition) is 4. The second-order valence-electron chi connectivity index (χ2n) is 7.33. The first kappa shape index (κ1) is 18.5. The van der Waals surface area contributed by atoms with E-state index in [0.717, 1.165) is 29.9 Å². The quantitative estimate of drug-likeness (QED) is 0.649. The fourth-order valence-electron chi connectivity index (χ4n) is 3.74. The van der Waals surface area contributed by atoms with Crippen molar-refractivity contribution in [1.29, 1.82) is 0 Å². The summed E-state index contributed by atoms with van der Waals surface area (Å²) in [4.78, 5) is 14.4. The zero-order valence-electron chi connectivity index (χ0n) is 16.2. The molecule has 0 bridgehead atoms. The van der Waals surface area contributed by atoms with E-state index < -0.39 is 0 Å². The number of phenolic OH excluding ortho intramolecular Hbond substituents is 1. The number of amides is 1. The standard InChI is InChI=1S/C22H24N2O4/c1-14-3-5-16(6-4-14)23-22(26)20-15(2)28-19-8-7-18(25)17(21(19)20)13-24-9-11-27-12-10-24/h3-8,25H,9-13H2,1-2H3,(H,23,26)/p+1. The third-order valence-electron chi connectivity index (χ3n) is 5.28. The summed E-state index contributed by atoms with van der Waals surface area (Å²) in [6, 6.07) is 11.0. The molecule has 1 saturated heterocycles. The Hall–Kier alpha value is -2.83. The first-order valence-corrected chi connectivity index (χ1v) is 9.56. The number of benzene rings is 2. The summed E-state index contributed by atoms with van der Waals surface area (Å²) in [5.41, 5.74) is 3.70. The summed E-state index contributed by atoms with van der Waals surface area (Å²) < 4.78 is 11.3. The number of phenols is 1. The first-order chi connectivity index (χ1) is 13.5. The molecule has 3 aromatic rings. The number of aromatic hydroxyl groups is 1. The fourth-order valence-corrected chi connectivity index (χ4v) is 3.74. The Labute approximate surface area is 163 Å². The topological polar surface area (TPSA) is 76.1 Å². The van der Waals surface area contributed by atoms with Gasteiger partial charge in [0.05, 0.1) is 24.3 Å². The molecule has 0 radical (unpaired) electrons. The molecule has 28 heavy (non-hydrogen) atoms. The van der Waals surface area contributed by atoms with E-state index in [2.05, 4.69) is 5.32 Å². The van der Waals surface area contributed by atoms with Crippen LogP contribution in [0.4, 0.5) is 5.69 Å². The molecule has 6 heteroatoms. The van der Waals surface area contributed by atoms with Crippen LogP contribution in [0.5, 0.6) is 5.75 Å². The average Bonchev–Trinajstić information content (AvgIpc) is 3.03. The molecule has 0 spiro atoms. The second kappa shape index (κ2) is 7.66. The van der Waals surface area contributed by atoms with Crippen molar-refractivity contribution < 1.29 is 24.0 Å². The monoisotopic (exact) mass is 381 g/mol. The highest BCUT2D eigenvalue weighted by Gasteiger charge is 2.26. The molecular formula is C22H25N2O4+. The molecule has 0 saturated carbocycles. The Morgan fingerprint density at radius 2 is 1.82 bits per heavy atom. The van der Waals surface area contributed by atoms with Crippen LogP contribution in [-0.4, -0.2) is 37.3 Å². The maximum absolute atomic E-state index is 13.1. The normalized spacial score (nSPS) is 15.1. The van der Waals surface area contributed by atoms with Crippen molar-refractivity contribution in [2.24, 2.45) is 0 Å². The molecule has 0 atom stereocenters. The van der Waals surface area contributed by atoms with Crippen molar-refractivity contribution >= 4 is 22.6 Å². The van der Waals surface area contributed by atoms with Gasteiger partial charge >= 0.3 is 0 Å². The van der Waals surface area contributed by atoms with Crippen molar-refractivity contribution in [3.05, 3.63) is 58.8 Å². The lowest BCUT2D eigenvalue weighted by Crippen LogP contribution is -3.12. The summed E-state index contributed by atoms with van der Waals surface area (Å²) in [6.45, 7) is 7.56. The Balaban J connectivity index is 1.72. The van der Waals surface area contributed by atoms with Crippen LogP contribution < -0.4 is 10.2 Å². The lowest BCUT2D eigenvalue weighted by atomic mass is 10.0. The predicted molar refractivity (Wildman–Crippen MR) is 107 cm³/mol. The van der Waals surface area contributed by atoms with Crippen molar-refractivity contribution in [3.8, 4) is 5.75 Å². The zero-order valence-corrected chi connectivity index (χ0v) is 16.2. The summed E-state index contributed by atoms with van der Waals surface area (Å²) in [5.74, 6) is 0.504. The van der Waals surface area contributed by atoms with E-state index in [1.54, 1.807) is 19.1 Å². The second-order valence-corrected chi connectivity index (χ2v) is 7.33. The zero-order chi connectivity index (χ0) is 19.7.